The highest BCUT2D eigenvalue weighted by molar-refractivity contribution is 7.27. The van der Waals surface area contributed by atoms with Crippen LogP contribution >= 0.6 is 9.24 Å². The van der Waals surface area contributed by atoms with Crippen LogP contribution in [0.15, 0.2) is 28.7 Å². The minimum absolute atomic E-state index is 0.0834. The topological polar surface area (TPSA) is 13.1 Å². The quantitative estimate of drug-likeness (QED) is 0.603. The first kappa shape index (κ1) is 9.73. The molecule has 0 amide bonds. The fraction of sp³-hybridized carbons (Fsp3) is 0.333. The Bertz CT molecular complexity index is 463. The van der Waals surface area contributed by atoms with Gasteiger partial charge in [0.2, 0.25) is 0 Å². The first-order valence-corrected chi connectivity index (χ1v) is 5.34. The molecule has 1 atom stereocenters. The van der Waals surface area contributed by atoms with Crippen molar-refractivity contribution < 1.29 is 4.42 Å². The summed E-state index contributed by atoms with van der Waals surface area (Å²) in [6, 6.07) is 8.32. The van der Waals surface area contributed by atoms with Gasteiger partial charge in [-0.3, -0.25) is 0 Å². The molecule has 0 spiro atoms. The van der Waals surface area contributed by atoms with Crippen molar-refractivity contribution in [2.24, 2.45) is 0 Å². The van der Waals surface area contributed by atoms with E-state index in [4.69, 9.17) is 4.42 Å². The second-order valence-electron chi connectivity index (χ2n) is 4.66. The van der Waals surface area contributed by atoms with Crippen LogP contribution in [0.1, 0.15) is 26.5 Å². The highest BCUT2D eigenvalue weighted by Crippen LogP contribution is 2.28. The fourth-order valence-electron chi connectivity index (χ4n) is 1.43. The molecule has 0 aliphatic rings. The zero-order chi connectivity index (χ0) is 10.3. The maximum absolute atomic E-state index is 5.78. The molecule has 1 unspecified atom stereocenters. The molecule has 2 aromatic rings. The van der Waals surface area contributed by atoms with Crippen LogP contribution in [0, 0.1) is 0 Å². The second-order valence-corrected chi connectivity index (χ2v) is 5.32. The molecule has 74 valence electrons. The van der Waals surface area contributed by atoms with E-state index in [-0.39, 0.29) is 5.41 Å². The summed E-state index contributed by atoms with van der Waals surface area (Å²) in [7, 11) is 2.70. The summed E-state index contributed by atoms with van der Waals surface area (Å²) in [6.07, 6.45) is 0. The van der Waals surface area contributed by atoms with Crippen molar-refractivity contribution in [3.63, 3.8) is 0 Å². The van der Waals surface area contributed by atoms with Gasteiger partial charge in [0.05, 0.1) is 0 Å². The molecule has 0 fully saturated rings. The summed E-state index contributed by atoms with van der Waals surface area (Å²) >= 11 is 0. The average molecular weight is 206 g/mol. The number of fused-ring (bicyclic) bond motifs is 1. The van der Waals surface area contributed by atoms with Crippen LogP contribution in [-0.2, 0) is 5.41 Å². The molecule has 1 aromatic carbocycles. The number of furan rings is 1. The summed E-state index contributed by atoms with van der Waals surface area (Å²) in [6.45, 7) is 6.48. The Balaban J connectivity index is 2.63. The Morgan fingerprint density at radius 2 is 1.86 bits per heavy atom. The Morgan fingerprint density at radius 3 is 2.50 bits per heavy atom. The molecule has 1 aromatic heterocycles. The lowest BCUT2D eigenvalue weighted by Crippen LogP contribution is -2.08. The monoisotopic (exact) mass is 206 g/mol. The molecule has 0 bridgehead atoms. The van der Waals surface area contributed by atoms with E-state index in [1.807, 2.05) is 12.1 Å². The number of hydrogen-bond donors (Lipinski definition) is 0. The van der Waals surface area contributed by atoms with E-state index in [1.54, 1.807) is 0 Å². The predicted octanol–water partition coefficient (Wildman–Crippen LogP) is 3.23. The number of benzene rings is 1. The number of rotatable bonds is 0. The molecular weight excluding hydrogens is 191 g/mol. The van der Waals surface area contributed by atoms with E-state index >= 15 is 0 Å². The minimum atomic E-state index is 0.0834. The zero-order valence-corrected chi connectivity index (χ0v) is 9.95. The molecular formula is C12H15OP. The maximum atomic E-state index is 5.78. The molecule has 0 saturated carbocycles. The summed E-state index contributed by atoms with van der Waals surface area (Å²) < 4.78 is 5.78. The third-order valence-electron chi connectivity index (χ3n) is 2.28. The van der Waals surface area contributed by atoms with Gasteiger partial charge in [0.1, 0.15) is 11.3 Å². The van der Waals surface area contributed by atoms with Crippen LogP contribution in [0.3, 0.4) is 0 Å². The molecule has 2 rings (SSSR count). The zero-order valence-electron chi connectivity index (χ0n) is 8.79. The Morgan fingerprint density at radius 1 is 1.14 bits per heavy atom. The lowest BCUT2D eigenvalue weighted by atomic mass is 9.93. The van der Waals surface area contributed by atoms with Gasteiger partial charge in [-0.2, -0.15) is 0 Å². The van der Waals surface area contributed by atoms with Gasteiger partial charge in [0.25, 0.3) is 0 Å². The van der Waals surface area contributed by atoms with Gasteiger partial charge in [-0.05, 0) is 23.5 Å². The highest BCUT2D eigenvalue weighted by atomic mass is 31.0. The molecule has 0 radical (unpaired) electrons. The van der Waals surface area contributed by atoms with Crippen molar-refractivity contribution in [3.05, 3.63) is 30.0 Å². The average Bonchev–Trinajstić information content (AvgIpc) is 2.45. The van der Waals surface area contributed by atoms with Gasteiger partial charge >= 0.3 is 0 Å². The van der Waals surface area contributed by atoms with Gasteiger partial charge in [-0.25, -0.2) is 0 Å². The summed E-state index contributed by atoms with van der Waals surface area (Å²) in [5.41, 5.74) is 1.06. The standard InChI is InChI=1S/C12H15OP/c1-12(2,3)11-7-8-6-9(14)4-5-10(8)13-11/h4-7H,14H2,1-3H3. The summed E-state index contributed by atoms with van der Waals surface area (Å²) in [5, 5.41) is 2.38. The van der Waals surface area contributed by atoms with Crippen LogP contribution in [-0.4, -0.2) is 0 Å². The van der Waals surface area contributed by atoms with Crippen LogP contribution in [0.4, 0.5) is 0 Å². The van der Waals surface area contributed by atoms with Gasteiger partial charge in [-0.15, -0.1) is 9.24 Å². The van der Waals surface area contributed by atoms with Gasteiger partial charge in [0.15, 0.2) is 0 Å². The van der Waals surface area contributed by atoms with Gasteiger partial charge < -0.3 is 4.42 Å². The minimum Gasteiger partial charge on any atom is -0.461 e. The summed E-state index contributed by atoms with van der Waals surface area (Å²) in [4.78, 5) is 0. The van der Waals surface area contributed by atoms with E-state index in [1.165, 1.54) is 10.7 Å². The molecule has 2 heteroatoms. The van der Waals surface area contributed by atoms with Crippen LogP contribution < -0.4 is 5.30 Å². The Hall–Kier alpha value is -0.810. The summed E-state index contributed by atoms with van der Waals surface area (Å²) in [5.74, 6) is 1.04. The largest absolute Gasteiger partial charge is 0.461 e. The third kappa shape index (κ3) is 1.69. The normalized spacial score (nSPS) is 12.3. The van der Waals surface area contributed by atoms with Crippen molar-refractivity contribution in [2.45, 2.75) is 26.2 Å². The fourth-order valence-corrected chi connectivity index (χ4v) is 1.71. The van der Waals surface area contributed by atoms with E-state index in [0.717, 1.165) is 11.3 Å². The third-order valence-corrected chi connectivity index (χ3v) is 2.64. The van der Waals surface area contributed by atoms with Gasteiger partial charge in [-0.1, -0.05) is 26.8 Å². The molecule has 0 saturated heterocycles. The SMILES string of the molecule is CC(C)(C)c1cc2cc(P)ccc2o1. The lowest BCUT2D eigenvalue weighted by molar-refractivity contribution is 0.430. The van der Waals surface area contributed by atoms with Crippen molar-refractivity contribution in [1.29, 1.82) is 0 Å². The Kier molecular flexibility index (Phi) is 2.16. The second kappa shape index (κ2) is 3.10. The van der Waals surface area contributed by atoms with Crippen molar-refractivity contribution in [3.8, 4) is 0 Å². The molecule has 0 N–H and O–H groups in total. The van der Waals surface area contributed by atoms with Crippen molar-refractivity contribution in [1.82, 2.24) is 0 Å². The molecule has 1 heterocycles. The van der Waals surface area contributed by atoms with E-state index in [0.29, 0.717) is 0 Å². The predicted molar refractivity (Wildman–Crippen MR) is 64.3 cm³/mol. The molecule has 0 aliphatic heterocycles. The lowest BCUT2D eigenvalue weighted by Gasteiger charge is -2.13. The maximum Gasteiger partial charge on any atom is 0.134 e. The van der Waals surface area contributed by atoms with Gasteiger partial charge in [0, 0.05) is 10.8 Å². The molecule has 14 heavy (non-hydrogen) atoms. The van der Waals surface area contributed by atoms with Crippen molar-refractivity contribution >= 4 is 25.5 Å². The molecule has 0 aliphatic carbocycles. The van der Waals surface area contributed by atoms with Crippen LogP contribution in [0.25, 0.3) is 11.0 Å². The van der Waals surface area contributed by atoms with E-state index in [9.17, 15) is 0 Å². The first-order valence-electron chi connectivity index (χ1n) is 4.76. The first-order chi connectivity index (χ1) is 6.47. The van der Waals surface area contributed by atoms with E-state index < -0.39 is 0 Å². The van der Waals surface area contributed by atoms with E-state index in [2.05, 4.69) is 42.1 Å². The van der Waals surface area contributed by atoms with Crippen LogP contribution in [0.2, 0.25) is 0 Å². The van der Waals surface area contributed by atoms with Crippen LogP contribution in [0.5, 0.6) is 0 Å². The number of hydrogen-bond acceptors (Lipinski definition) is 1. The Labute approximate surface area is 86.7 Å². The smallest absolute Gasteiger partial charge is 0.134 e. The van der Waals surface area contributed by atoms with Crippen molar-refractivity contribution in [2.75, 3.05) is 0 Å². The highest BCUT2D eigenvalue weighted by Gasteiger charge is 2.18. The molecule has 1 nitrogen and oxygen atoms in total.